The fraction of sp³-hybridized carbons (Fsp3) is 0.733. The van der Waals surface area contributed by atoms with Crippen molar-refractivity contribution in [1.82, 2.24) is 14.7 Å². The van der Waals surface area contributed by atoms with Crippen molar-refractivity contribution in [1.29, 1.82) is 0 Å². The molecular formula is C15H27ClN4O2. The Bertz CT molecular complexity index is 504. The van der Waals surface area contributed by atoms with E-state index in [1.54, 1.807) is 0 Å². The summed E-state index contributed by atoms with van der Waals surface area (Å²) in [6.45, 7) is 10.4. The van der Waals surface area contributed by atoms with Crippen molar-refractivity contribution < 1.29 is 9.53 Å². The summed E-state index contributed by atoms with van der Waals surface area (Å²) in [6, 6.07) is 1.61. The van der Waals surface area contributed by atoms with Crippen LogP contribution in [0.4, 0.5) is 0 Å². The molecule has 2 heterocycles. The normalized spacial score (nSPS) is 19.9. The van der Waals surface area contributed by atoms with Crippen LogP contribution in [0.1, 0.15) is 25.2 Å². The summed E-state index contributed by atoms with van der Waals surface area (Å²) in [7, 11) is 0. The van der Waals surface area contributed by atoms with Crippen molar-refractivity contribution in [3.05, 3.63) is 17.5 Å². The number of rotatable bonds is 4. The topological polar surface area (TPSA) is 73.4 Å². The minimum Gasteiger partial charge on any atom is -0.373 e. The van der Waals surface area contributed by atoms with Gasteiger partial charge in [0.1, 0.15) is 0 Å². The Hall–Kier alpha value is -1.11. The molecule has 0 saturated carbocycles. The number of aromatic nitrogens is 2. The molecule has 2 atom stereocenters. The second-order valence-corrected chi connectivity index (χ2v) is 6.16. The van der Waals surface area contributed by atoms with Crippen molar-refractivity contribution in [3.63, 3.8) is 0 Å². The lowest BCUT2D eigenvalue weighted by Gasteiger charge is -2.35. The van der Waals surface area contributed by atoms with Gasteiger partial charge in [0.15, 0.2) is 0 Å². The van der Waals surface area contributed by atoms with Crippen LogP contribution in [0, 0.1) is 19.8 Å². The van der Waals surface area contributed by atoms with Crippen LogP contribution in [0.15, 0.2) is 6.07 Å². The van der Waals surface area contributed by atoms with Crippen LogP contribution in [0.25, 0.3) is 0 Å². The fourth-order valence-corrected chi connectivity index (χ4v) is 2.58. The molecule has 1 fully saturated rings. The molecule has 0 aliphatic carbocycles. The molecule has 22 heavy (non-hydrogen) atoms. The zero-order valence-electron chi connectivity index (χ0n) is 13.8. The van der Waals surface area contributed by atoms with E-state index >= 15 is 0 Å². The molecule has 1 aromatic heterocycles. The lowest BCUT2D eigenvalue weighted by atomic mass is 10.0. The van der Waals surface area contributed by atoms with Crippen molar-refractivity contribution in [2.24, 2.45) is 11.7 Å². The summed E-state index contributed by atoms with van der Waals surface area (Å²) >= 11 is 0. The quantitative estimate of drug-likeness (QED) is 0.898. The molecule has 0 aromatic carbocycles. The summed E-state index contributed by atoms with van der Waals surface area (Å²) in [5.74, 6) is 0.168. The molecule has 6 nitrogen and oxygen atoms in total. The standard InChI is InChI=1S/C15H26N4O2.ClH/c1-10(2)14(16)15(20)18-5-6-21-13(8-18)9-19-12(4)7-11(3)17-19;/h7,10,13-14H,5-6,8-9,16H2,1-4H3;1H/t13?,14-;/m0./s1. The maximum Gasteiger partial charge on any atom is 0.239 e. The summed E-state index contributed by atoms with van der Waals surface area (Å²) in [5.41, 5.74) is 8.07. The van der Waals surface area contributed by atoms with Gasteiger partial charge in [-0.2, -0.15) is 5.10 Å². The average molecular weight is 331 g/mol. The Balaban J connectivity index is 0.00000242. The van der Waals surface area contributed by atoms with Crippen LogP contribution in [0.5, 0.6) is 0 Å². The van der Waals surface area contributed by atoms with E-state index < -0.39 is 6.04 Å². The van der Waals surface area contributed by atoms with Crippen LogP contribution < -0.4 is 5.73 Å². The SMILES string of the molecule is Cc1cc(C)n(CC2CN(C(=O)[C@@H](N)C(C)C)CCO2)n1.Cl. The number of aryl methyl sites for hydroxylation is 2. The first kappa shape index (κ1) is 18.9. The van der Waals surface area contributed by atoms with Gasteiger partial charge in [-0.3, -0.25) is 9.48 Å². The zero-order chi connectivity index (χ0) is 15.6. The molecular weight excluding hydrogens is 304 g/mol. The van der Waals surface area contributed by atoms with Gasteiger partial charge in [0.05, 0.1) is 31.0 Å². The van der Waals surface area contributed by atoms with E-state index in [9.17, 15) is 4.79 Å². The molecule has 1 amide bonds. The van der Waals surface area contributed by atoms with E-state index in [4.69, 9.17) is 10.5 Å². The van der Waals surface area contributed by atoms with E-state index in [1.165, 1.54) is 0 Å². The maximum absolute atomic E-state index is 12.3. The molecule has 7 heteroatoms. The summed E-state index contributed by atoms with van der Waals surface area (Å²) in [6.07, 6.45) is -0.0277. The van der Waals surface area contributed by atoms with Crippen LogP contribution >= 0.6 is 12.4 Å². The van der Waals surface area contributed by atoms with E-state index in [0.717, 1.165) is 11.4 Å². The van der Waals surface area contributed by atoms with E-state index in [2.05, 4.69) is 5.10 Å². The van der Waals surface area contributed by atoms with Gasteiger partial charge in [-0.05, 0) is 25.8 Å². The molecule has 1 saturated heterocycles. The molecule has 2 rings (SSSR count). The average Bonchev–Trinajstić information content (AvgIpc) is 2.75. The smallest absolute Gasteiger partial charge is 0.239 e. The molecule has 126 valence electrons. The Morgan fingerprint density at radius 2 is 2.18 bits per heavy atom. The second kappa shape index (κ2) is 7.94. The van der Waals surface area contributed by atoms with E-state index in [-0.39, 0.29) is 30.3 Å². The van der Waals surface area contributed by atoms with Gasteiger partial charge in [0, 0.05) is 18.8 Å². The van der Waals surface area contributed by atoms with E-state index in [0.29, 0.717) is 26.2 Å². The highest BCUT2D eigenvalue weighted by molar-refractivity contribution is 5.85. The number of morpholine rings is 1. The number of ether oxygens (including phenoxy) is 1. The highest BCUT2D eigenvalue weighted by Crippen LogP contribution is 2.12. The number of nitrogens with two attached hydrogens (primary N) is 1. The number of amides is 1. The first-order valence-electron chi connectivity index (χ1n) is 7.55. The van der Waals surface area contributed by atoms with E-state index in [1.807, 2.05) is 43.3 Å². The van der Waals surface area contributed by atoms with Crippen molar-refractivity contribution in [3.8, 4) is 0 Å². The van der Waals surface area contributed by atoms with Crippen LogP contribution in [-0.4, -0.2) is 52.4 Å². The number of hydrogen-bond donors (Lipinski definition) is 1. The summed E-state index contributed by atoms with van der Waals surface area (Å²) in [4.78, 5) is 14.2. The highest BCUT2D eigenvalue weighted by atomic mass is 35.5. The summed E-state index contributed by atoms with van der Waals surface area (Å²) < 4.78 is 7.71. The molecule has 1 aliphatic rings. The highest BCUT2D eigenvalue weighted by Gasteiger charge is 2.29. The molecule has 1 aromatic rings. The first-order chi connectivity index (χ1) is 9.88. The molecule has 0 spiro atoms. The number of carbonyl (C=O) groups is 1. The van der Waals surface area contributed by atoms with Gasteiger partial charge in [-0.25, -0.2) is 0 Å². The van der Waals surface area contributed by atoms with Gasteiger partial charge in [0.2, 0.25) is 5.91 Å². The molecule has 2 N–H and O–H groups in total. The molecule has 1 unspecified atom stereocenters. The minimum absolute atomic E-state index is 0. The number of nitrogens with zero attached hydrogens (tertiary/aromatic N) is 3. The third kappa shape index (κ3) is 4.44. The van der Waals surface area contributed by atoms with Gasteiger partial charge in [0.25, 0.3) is 0 Å². The third-order valence-electron chi connectivity index (χ3n) is 3.93. The number of carbonyl (C=O) groups excluding carboxylic acids is 1. The minimum atomic E-state index is -0.433. The predicted octanol–water partition coefficient (Wildman–Crippen LogP) is 1.13. The van der Waals surface area contributed by atoms with Gasteiger partial charge < -0.3 is 15.4 Å². The van der Waals surface area contributed by atoms with Gasteiger partial charge in [-0.15, -0.1) is 12.4 Å². The second-order valence-electron chi connectivity index (χ2n) is 6.16. The molecule has 0 bridgehead atoms. The lowest BCUT2D eigenvalue weighted by Crippen LogP contribution is -2.53. The first-order valence-corrected chi connectivity index (χ1v) is 7.55. The lowest BCUT2D eigenvalue weighted by molar-refractivity contribution is -0.141. The third-order valence-corrected chi connectivity index (χ3v) is 3.93. The van der Waals surface area contributed by atoms with Crippen LogP contribution in [-0.2, 0) is 16.1 Å². The Morgan fingerprint density at radius 1 is 1.50 bits per heavy atom. The number of hydrogen-bond acceptors (Lipinski definition) is 4. The van der Waals surface area contributed by atoms with Crippen LogP contribution in [0.2, 0.25) is 0 Å². The van der Waals surface area contributed by atoms with Crippen molar-refractivity contribution >= 4 is 18.3 Å². The van der Waals surface area contributed by atoms with Crippen LogP contribution in [0.3, 0.4) is 0 Å². The Kier molecular flexibility index (Phi) is 6.84. The maximum atomic E-state index is 12.3. The molecule has 0 radical (unpaired) electrons. The Morgan fingerprint density at radius 3 is 2.73 bits per heavy atom. The Labute approximate surface area is 138 Å². The fourth-order valence-electron chi connectivity index (χ4n) is 2.58. The summed E-state index contributed by atoms with van der Waals surface area (Å²) in [5, 5.41) is 4.45. The monoisotopic (exact) mass is 330 g/mol. The zero-order valence-corrected chi connectivity index (χ0v) is 14.6. The molecule has 1 aliphatic heterocycles. The van der Waals surface area contributed by atoms with Gasteiger partial charge >= 0.3 is 0 Å². The van der Waals surface area contributed by atoms with Crippen molar-refractivity contribution in [2.45, 2.75) is 46.4 Å². The van der Waals surface area contributed by atoms with Gasteiger partial charge in [-0.1, -0.05) is 13.8 Å². The number of halogens is 1. The predicted molar refractivity (Wildman–Crippen MR) is 88.1 cm³/mol. The largest absolute Gasteiger partial charge is 0.373 e. The van der Waals surface area contributed by atoms with Crippen molar-refractivity contribution in [2.75, 3.05) is 19.7 Å².